The third-order valence-corrected chi connectivity index (χ3v) is 6.92. The van der Waals surface area contributed by atoms with Crippen molar-refractivity contribution in [1.82, 2.24) is 9.91 Å². The first-order valence-electron chi connectivity index (χ1n) is 11.9. The normalized spacial score (nSPS) is 22.9. The van der Waals surface area contributed by atoms with Crippen LogP contribution in [0, 0.1) is 11.8 Å². The maximum atomic E-state index is 13.3. The minimum Gasteiger partial charge on any atom is -0.504 e. The topological polar surface area (TPSA) is 74.6 Å². The highest BCUT2D eigenvalue weighted by atomic mass is 16.5. The van der Waals surface area contributed by atoms with Gasteiger partial charge in [0, 0.05) is 31.1 Å². The Hall–Kier alpha value is -3.16. The summed E-state index contributed by atoms with van der Waals surface area (Å²) >= 11 is 0. The molecule has 5 rings (SSSR count). The van der Waals surface area contributed by atoms with Crippen molar-refractivity contribution in [2.75, 3.05) is 33.4 Å². The van der Waals surface area contributed by atoms with Gasteiger partial charge in [-0.3, -0.25) is 9.69 Å². The maximum absolute atomic E-state index is 13.3. The number of amides is 1. The molecule has 0 radical (unpaired) electrons. The van der Waals surface area contributed by atoms with Crippen LogP contribution in [-0.4, -0.2) is 60.0 Å². The van der Waals surface area contributed by atoms with Gasteiger partial charge in [0.25, 0.3) is 0 Å². The average Bonchev–Trinajstić information content (AvgIpc) is 2.87. The van der Waals surface area contributed by atoms with Gasteiger partial charge in [0.05, 0.1) is 38.5 Å². The fraction of sp³-hybridized carbons (Fsp3) is 0.407. The Morgan fingerprint density at radius 1 is 1.00 bits per heavy atom. The van der Waals surface area contributed by atoms with Gasteiger partial charge in [0.2, 0.25) is 5.91 Å². The molecule has 3 aliphatic rings. The molecule has 0 spiro atoms. The van der Waals surface area contributed by atoms with E-state index in [0.717, 1.165) is 56.1 Å². The van der Waals surface area contributed by atoms with Crippen molar-refractivity contribution in [3.63, 3.8) is 0 Å². The molecule has 1 saturated heterocycles. The third kappa shape index (κ3) is 4.72. The molecule has 2 aromatic carbocycles. The first-order valence-corrected chi connectivity index (χ1v) is 11.9. The van der Waals surface area contributed by atoms with Gasteiger partial charge >= 0.3 is 0 Å². The van der Waals surface area contributed by atoms with Gasteiger partial charge < -0.3 is 14.6 Å². The van der Waals surface area contributed by atoms with E-state index in [4.69, 9.17) is 14.6 Å². The largest absolute Gasteiger partial charge is 0.504 e. The Bertz CT molecular complexity index is 1090. The fourth-order valence-corrected chi connectivity index (χ4v) is 5.01. The molecule has 7 nitrogen and oxygen atoms in total. The van der Waals surface area contributed by atoms with Crippen LogP contribution in [0.2, 0.25) is 0 Å². The predicted molar refractivity (Wildman–Crippen MR) is 130 cm³/mol. The van der Waals surface area contributed by atoms with E-state index in [1.807, 2.05) is 6.07 Å². The standard InChI is InChI=1S/C27H31N3O4/c1-33-25-11-10-21(16-24(25)31)26-22-4-2-3-5-23(22)27(32)30(28-26)18-20-8-6-19(7-9-20)17-29-12-14-34-15-13-29/h2-3,6-11,16,22-23,31H,4-5,12-15,17-18H2,1H3/t22-,23+/m1/s1. The maximum Gasteiger partial charge on any atom is 0.247 e. The number of nitrogens with zero attached hydrogens (tertiary/aromatic N) is 3. The molecule has 1 N–H and O–H groups in total. The van der Waals surface area contributed by atoms with Crippen molar-refractivity contribution in [2.24, 2.45) is 16.9 Å². The van der Waals surface area contributed by atoms with Crippen LogP contribution >= 0.6 is 0 Å². The number of phenols is 1. The van der Waals surface area contributed by atoms with Gasteiger partial charge in [-0.1, -0.05) is 36.4 Å². The van der Waals surface area contributed by atoms with Crippen molar-refractivity contribution in [1.29, 1.82) is 0 Å². The molecule has 1 amide bonds. The summed E-state index contributed by atoms with van der Waals surface area (Å²) in [6.45, 7) is 4.83. The second kappa shape index (κ2) is 9.99. The van der Waals surface area contributed by atoms with E-state index in [2.05, 4.69) is 41.3 Å². The van der Waals surface area contributed by atoms with Crippen molar-refractivity contribution in [3.8, 4) is 11.5 Å². The number of hydrogen-bond acceptors (Lipinski definition) is 6. The van der Waals surface area contributed by atoms with Gasteiger partial charge in [0.15, 0.2) is 11.5 Å². The number of phenolic OH excluding ortho intramolecular Hbond substituents is 1. The fourth-order valence-electron chi connectivity index (χ4n) is 5.01. The van der Waals surface area contributed by atoms with Gasteiger partial charge in [0.1, 0.15) is 0 Å². The molecular weight excluding hydrogens is 430 g/mol. The monoisotopic (exact) mass is 461 g/mol. The number of benzene rings is 2. The molecule has 178 valence electrons. The number of carbonyl (C=O) groups is 1. The molecule has 2 aliphatic heterocycles. The average molecular weight is 462 g/mol. The Morgan fingerprint density at radius 3 is 2.35 bits per heavy atom. The highest BCUT2D eigenvalue weighted by Crippen LogP contribution is 2.37. The summed E-state index contributed by atoms with van der Waals surface area (Å²) in [7, 11) is 1.53. The Labute approximate surface area is 200 Å². The number of hydrogen-bond donors (Lipinski definition) is 1. The minimum atomic E-state index is -0.137. The molecule has 34 heavy (non-hydrogen) atoms. The molecular formula is C27H31N3O4. The lowest BCUT2D eigenvalue weighted by Crippen LogP contribution is -2.45. The molecule has 1 fully saturated rings. The number of allylic oxidation sites excluding steroid dienone is 2. The van der Waals surface area contributed by atoms with Crippen molar-refractivity contribution in [3.05, 3.63) is 71.3 Å². The van der Waals surface area contributed by atoms with E-state index in [9.17, 15) is 9.90 Å². The first-order chi connectivity index (χ1) is 16.6. The quantitative estimate of drug-likeness (QED) is 0.666. The van der Waals surface area contributed by atoms with Crippen LogP contribution in [0.3, 0.4) is 0 Å². The van der Waals surface area contributed by atoms with Gasteiger partial charge in [-0.05, 0) is 42.2 Å². The van der Waals surface area contributed by atoms with Crippen molar-refractivity contribution < 1.29 is 19.4 Å². The van der Waals surface area contributed by atoms with Gasteiger partial charge in [-0.15, -0.1) is 0 Å². The molecule has 0 saturated carbocycles. The summed E-state index contributed by atoms with van der Waals surface area (Å²) in [4.78, 5) is 15.7. The van der Waals surface area contributed by atoms with E-state index in [1.165, 1.54) is 12.7 Å². The minimum absolute atomic E-state index is 0.0115. The van der Waals surface area contributed by atoms with E-state index >= 15 is 0 Å². The van der Waals surface area contributed by atoms with Gasteiger partial charge in [-0.25, -0.2) is 5.01 Å². The molecule has 0 aromatic heterocycles. The smallest absolute Gasteiger partial charge is 0.247 e. The van der Waals surface area contributed by atoms with Gasteiger partial charge in [-0.2, -0.15) is 5.10 Å². The summed E-state index contributed by atoms with van der Waals surface area (Å²) in [5.74, 6) is 0.434. The van der Waals surface area contributed by atoms with Crippen LogP contribution in [0.4, 0.5) is 0 Å². The van der Waals surface area contributed by atoms with E-state index < -0.39 is 0 Å². The molecule has 1 aliphatic carbocycles. The summed E-state index contributed by atoms with van der Waals surface area (Å²) < 4.78 is 10.6. The number of fused-ring (bicyclic) bond motifs is 1. The summed E-state index contributed by atoms with van der Waals surface area (Å²) in [6, 6.07) is 13.8. The second-order valence-electron chi connectivity index (χ2n) is 9.13. The lowest BCUT2D eigenvalue weighted by atomic mass is 9.76. The van der Waals surface area contributed by atoms with E-state index in [1.54, 1.807) is 17.1 Å². The van der Waals surface area contributed by atoms with Crippen LogP contribution in [-0.2, 0) is 22.6 Å². The molecule has 2 aromatic rings. The summed E-state index contributed by atoms with van der Waals surface area (Å²) in [5.41, 5.74) is 3.97. The number of morpholine rings is 1. The molecule has 2 atom stereocenters. The van der Waals surface area contributed by atoms with Crippen LogP contribution in [0.15, 0.2) is 59.7 Å². The van der Waals surface area contributed by atoms with Crippen LogP contribution in [0.1, 0.15) is 29.5 Å². The zero-order valence-electron chi connectivity index (χ0n) is 19.5. The van der Waals surface area contributed by atoms with Crippen LogP contribution in [0.5, 0.6) is 11.5 Å². The van der Waals surface area contributed by atoms with E-state index in [0.29, 0.717) is 18.7 Å². The van der Waals surface area contributed by atoms with E-state index in [-0.39, 0.29) is 23.5 Å². The lowest BCUT2D eigenvalue weighted by molar-refractivity contribution is -0.138. The van der Waals surface area contributed by atoms with Crippen molar-refractivity contribution >= 4 is 11.6 Å². The van der Waals surface area contributed by atoms with Crippen molar-refractivity contribution in [2.45, 2.75) is 25.9 Å². The zero-order chi connectivity index (χ0) is 23.5. The van der Waals surface area contributed by atoms with Crippen LogP contribution < -0.4 is 4.74 Å². The number of carbonyl (C=O) groups excluding carboxylic acids is 1. The zero-order valence-corrected chi connectivity index (χ0v) is 19.5. The first kappa shape index (κ1) is 22.6. The highest BCUT2D eigenvalue weighted by molar-refractivity contribution is 6.07. The number of ether oxygens (including phenoxy) is 2. The molecule has 0 unspecified atom stereocenters. The number of methoxy groups -OCH3 is 1. The Morgan fingerprint density at radius 2 is 1.68 bits per heavy atom. The molecule has 7 heteroatoms. The number of hydrazone groups is 1. The third-order valence-electron chi connectivity index (χ3n) is 6.92. The predicted octanol–water partition coefficient (Wildman–Crippen LogP) is 3.56. The second-order valence-corrected chi connectivity index (χ2v) is 9.13. The summed E-state index contributed by atoms with van der Waals surface area (Å²) in [5, 5.41) is 16.8. The summed E-state index contributed by atoms with van der Waals surface area (Å²) in [6.07, 6.45) is 5.69. The molecule has 2 heterocycles. The number of aromatic hydroxyl groups is 1. The molecule has 0 bridgehead atoms. The SMILES string of the molecule is COc1ccc(C2=NN(Cc3ccc(CN4CCOCC4)cc3)C(=O)[C@H]3CC=CC[C@@H]23)cc1O. The lowest BCUT2D eigenvalue weighted by Gasteiger charge is -2.37. The number of rotatable bonds is 6. The highest BCUT2D eigenvalue weighted by Gasteiger charge is 2.40. The Kier molecular flexibility index (Phi) is 6.65. The van der Waals surface area contributed by atoms with Crippen LogP contribution in [0.25, 0.3) is 0 Å². The Balaban J connectivity index is 1.37.